The number of carbonyl (C=O) groups excluding carboxylic acids is 1. The van der Waals surface area contributed by atoms with E-state index in [4.69, 9.17) is 4.42 Å². The largest absolute Gasteiger partial charge is 0.423 e. The number of nitrogens with zero attached hydrogens (tertiary/aromatic N) is 1. The van der Waals surface area contributed by atoms with E-state index in [2.05, 4.69) is 25.2 Å². The zero-order valence-corrected chi connectivity index (χ0v) is 17.8. The first-order valence-electron chi connectivity index (χ1n) is 10.6. The number of anilines is 1. The molecular formula is C25H28N2O3. The van der Waals surface area contributed by atoms with Gasteiger partial charge in [0.2, 0.25) is 0 Å². The van der Waals surface area contributed by atoms with Gasteiger partial charge in [-0.25, -0.2) is 4.79 Å². The lowest BCUT2D eigenvalue weighted by Gasteiger charge is -2.19. The van der Waals surface area contributed by atoms with Crippen molar-refractivity contribution in [1.82, 2.24) is 4.90 Å². The van der Waals surface area contributed by atoms with E-state index >= 15 is 0 Å². The third-order valence-electron chi connectivity index (χ3n) is 5.86. The van der Waals surface area contributed by atoms with Crippen molar-refractivity contribution in [2.45, 2.75) is 46.1 Å². The summed E-state index contributed by atoms with van der Waals surface area (Å²) in [5, 5.41) is 4.32. The van der Waals surface area contributed by atoms with Gasteiger partial charge in [0, 0.05) is 36.8 Å². The van der Waals surface area contributed by atoms with E-state index in [1.807, 2.05) is 42.2 Å². The summed E-state index contributed by atoms with van der Waals surface area (Å²) in [6.45, 7) is 8.42. The average Bonchev–Trinajstić information content (AvgIpc) is 3.25. The molecule has 0 bridgehead atoms. The van der Waals surface area contributed by atoms with Crippen molar-refractivity contribution < 1.29 is 9.21 Å². The summed E-state index contributed by atoms with van der Waals surface area (Å²) in [4.78, 5) is 27.0. The monoisotopic (exact) mass is 404 g/mol. The second-order valence-electron chi connectivity index (χ2n) is 8.35. The van der Waals surface area contributed by atoms with Gasteiger partial charge in [0.25, 0.3) is 5.91 Å². The highest BCUT2D eigenvalue weighted by Crippen LogP contribution is 2.28. The van der Waals surface area contributed by atoms with Crippen LogP contribution in [0.4, 0.5) is 5.69 Å². The van der Waals surface area contributed by atoms with Gasteiger partial charge in [0.15, 0.2) is 0 Å². The van der Waals surface area contributed by atoms with Crippen LogP contribution in [0, 0.1) is 6.92 Å². The predicted octanol–water partition coefficient (Wildman–Crippen LogP) is 5.07. The molecule has 30 heavy (non-hydrogen) atoms. The highest BCUT2D eigenvalue weighted by atomic mass is 16.4. The van der Waals surface area contributed by atoms with E-state index in [1.54, 1.807) is 6.07 Å². The molecule has 1 amide bonds. The Balaban J connectivity index is 1.67. The fraction of sp³-hybridized carbons (Fsp3) is 0.360. The van der Waals surface area contributed by atoms with Gasteiger partial charge < -0.3 is 14.6 Å². The van der Waals surface area contributed by atoms with Crippen molar-refractivity contribution in [3.8, 4) is 0 Å². The second kappa shape index (κ2) is 8.34. The van der Waals surface area contributed by atoms with Crippen LogP contribution in [0.15, 0.2) is 51.7 Å². The van der Waals surface area contributed by atoms with E-state index in [0.29, 0.717) is 23.6 Å². The third-order valence-corrected chi connectivity index (χ3v) is 5.86. The lowest BCUT2D eigenvalue weighted by molar-refractivity contribution is 0.0793. The number of hydrogen-bond donors (Lipinski definition) is 1. The third kappa shape index (κ3) is 3.97. The quantitative estimate of drug-likeness (QED) is 0.603. The Labute approximate surface area is 176 Å². The van der Waals surface area contributed by atoms with E-state index in [1.165, 1.54) is 5.56 Å². The minimum Gasteiger partial charge on any atom is -0.423 e. The Morgan fingerprint density at radius 1 is 1.13 bits per heavy atom. The maximum atomic E-state index is 12.9. The summed E-state index contributed by atoms with van der Waals surface area (Å²) in [6.07, 6.45) is 2.12. The van der Waals surface area contributed by atoms with Gasteiger partial charge in [0.05, 0.1) is 5.56 Å². The molecule has 1 aromatic heterocycles. The van der Waals surface area contributed by atoms with Crippen LogP contribution in [0.1, 0.15) is 59.7 Å². The average molecular weight is 405 g/mol. The van der Waals surface area contributed by atoms with Gasteiger partial charge in [-0.05, 0) is 66.6 Å². The Hall–Kier alpha value is -3.08. The molecule has 5 nitrogen and oxygen atoms in total. The summed E-state index contributed by atoms with van der Waals surface area (Å²) in [5.74, 6) is 0.437. The molecule has 4 rings (SSSR count). The van der Waals surface area contributed by atoms with Crippen molar-refractivity contribution in [3.05, 3.63) is 75.1 Å². The molecule has 1 saturated heterocycles. The fourth-order valence-electron chi connectivity index (χ4n) is 4.26. The van der Waals surface area contributed by atoms with Crippen LogP contribution in [-0.2, 0) is 6.54 Å². The van der Waals surface area contributed by atoms with Crippen LogP contribution in [-0.4, -0.2) is 23.9 Å². The molecule has 2 aromatic carbocycles. The van der Waals surface area contributed by atoms with Crippen LogP contribution < -0.4 is 10.9 Å². The second-order valence-corrected chi connectivity index (χ2v) is 8.35. The standard InChI is InChI=1S/C25H28N2O3/c1-16(2)20-14-21-18(13-24(28)30-23(21)12-17(20)3)15-26-22-9-5-4-8-19(22)25(29)27-10-6-7-11-27/h4-5,8-9,12-14,16,26H,6-7,10-11,15H2,1-3H3. The van der Waals surface area contributed by atoms with Crippen molar-refractivity contribution in [1.29, 1.82) is 0 Å². The van der Waals surface area contributed by atoms with Crippen molar-refractivity contribution in [2.75, 3.05) is 18.4 Å². The van der Waals surface area contributed by atoms with Crippen LogP contribution in [0.5, 0.6) is 0 Å². The van der Waals surface area contributed by atoms with Gasteiger partial charge in [-0.3, -0.25) is 4.79 Å². The molecule has 1 fully saturated rings. The Morgan fingerprint density at radius 2 is 1.87 bits per heavy atom. The Kier molecular flexibility index (Phi) is 5.62. The van der Waals surface area contributed by atoms with Gasteiger partial charge in [0.1, 0.15) is 5.58 Å². The molecule has 5 heteroatoms. The van der Waals surface area contributed by atoms with Gasteiger partial charge in [-0.15, -0.1) is 0 Å². The Bertz CT molecular complexity index is 1140. The fourth-order valence-corrected chi connectivity index (χ4v) is 4.26. The summed E-state index contributed by atoms with van der Waals surface area (Å²) >= 11 is 0. The summed E-state index contributed by atoms with van der Waals surface area (Å²) in [6, 6.07) is 13.2. The molecule has 3 aromatic rings. The molecule has 0 unspecified atom stereocenters. The molecule has 0 spiro atoms. The van der Waals surface area contributed by atoms with Gasteiger partial charge in [-0.2, -0.15) is 0 Å². The first kappa shape index (κ1) is 20.2. The molecule has 2 heterocycles. The van der Waals surface area contributed by atoms with Crippen LogP contribution in [0.2, 0.25) is 0 Å². The Morgan fingerprint density at radius 3 is 2.60 bits per heavy atom. The summed E-state index contributed by atoms with van der Waals surface area (Å²) in [5.41, 5.74) is 4.92. The van der Waals surface area contributed by atoms with Gasteiger partial charge in [-0.1, -0.05) is 26.0 Å². The van der Waals surface area contributed by atoms with Gasteiger partial charge >= 0.3 is 5.63 Å². The lowest BCUT2D eigenvalue weighted by Crippen LogP contribution is -2.28. The van der Waals surface area contributed by atoms with Crippen molar-refractivity contribution in [2.24, 2.45) is 0 Å². The zero-order valence-electron chi connectivity index (χ0n) is 17.8. The van der Waals surface area contributed by atoms with E-state index in [-0.39, 0.29) is 11.5 Å². The molecule has 1 aliphatic rings. The number of aryl methyl sites for hydroxylation is 1. The number of nitrogens with one attached hydrogen (secondary N) is 1. The maximum Gasteiger partial charge on any atom is 0.336 e. The maximum absolute atomic E-state index is 12.9. The number of rotatable bonds is 5. The number of fused-ring (bicyclic) bond motifs is 1. The first-order valence-corrected chi connectivity index (χ1v) is 10.6. The molecule has 0 radical (unpaired) electrons. The van der Waals surface area contributed by atoms with Crippen LogP contribution >= 0.6 is 0 Å². The smallest absolute Gasteiger partial charge is 0.336 e. The summed E-state index contributed by atoms with van der Waals surface area (Å²) in [7, 11) is 0. The van der Waals surface area contributed by atoms with Crippen molar-refractivity contribution in [3.63, 3.8) is 0 Å². The number of amides is 1. The van der Waals surface area contributed by atoms with Crippen molar-refractivity contribution >= 4 is 22.6 Å². The molecule has 1 aliphatic heterocycles. The zero-order chi connectivity index (χ0) is 21.3. The van der Waals surface area contributed by atoms with E-state index in [9.17, 15) is 9.59 Å². The van der Waals surface area contributed by atoms with E-state index in [0.717, 1.165) is 48.1 Å². The lowest BCUT2D eigenvalue weighted by atomic mass is 9.95. The topological polar surface area (TPSA) is 62.6 Å². The molecular weight excluding hydrogens is 376 g/mol. The predicted molar refractivity (Wildman–Crippen MR) is 120 cm³/mol. The van der Waals surface area contributed by atoms with Crippen LogP contribution in [0.3, 0.4) is 0 Å². The molecule has 156 valence electrons. The minimum absolute atomic E-state index is 0.0609. The number of likely N-dealkylation sites (tertiary alicyclic amines) is 1. The first-order chi connectivity index (χ1) is 14.4. The molecule has 0 saturated carbocycles. The highest BCUT2D eigenvalue weighted by Gasteiger charge is 2.21. The van der Waals surface area contributed by atoms with E-state index < -0.39 is 0 Å². The number of hydrogen-bond acceptors (Lipinski definition) is 4. The molecule has 1 N–H and O–H groups in total. The number of benzene rings is 2. The number of carbonyl (C=O) groups is 1. The highest BCUT2D eigenvalue weighted by molar-refractivity contribution is 5.99. The van der Waals surface area contributed by atoms with Crippen LogP contribution in [0.25, 0.3) is 11.0 Å². The minimum atomic E-state index is -0.363. The normalized spacial score (nSPS) is 13.9. The number of para-hydroxylation sites is 1. The molecule has 0 aliphatic carbocycles. The SMILES string of the molecule is Cc1cc2oc(=O)cc(CNc3ccccc3C(=O)N3CCCC3)c2cc1C(C)C. The molecule has 0 atom stereocenters. The summed E-state index contributed by atoms with van der Waals surface area (Å²) < 4.78 is 5.46.